The number of nitriles is 1. The molecule has 0 radical (unpaired) electrons. The maximum atomic E-state index is 8.93. The Kier molecular flexibility index (Phi) is 3.27. The van der Waals surface area contributed by atoms with E-state index in [1.807, 2.05) is 30.3 Å². The molecular formula is C14H12N2O. The van der Waals surface area contributed by atoms with E-state index in [1.54, 1.807) is 18.2 Å². The van der Waals surface area contributed by atoms with Crippen molar-refractivity contribution in [3.05, 3.63) is 59.7 Å². The average molecular weight is 224 g/mol. The standard InChI is InChI=1S/C14H12N2O/c15-9-11-4-1-2-5-12(11)10-17-14-7-3-6-13(16)8-14/h1-8H,10,16H2. The van der Waals surface area contributed by atoms with Crippen molar-refractivity contribution in [3.63, 3.8) is 0 Å². The van der Waals surface area contributed by atoms with Crippen molar-refractivity contribution in [1.82, 2.24) is 0 Å². The van der Waals surface area contributed by atoms with E-state index in [1.165, 1.54) is 0 Å². The molecule has 0 aliphatic rings. The number of nitrogens with zero attached hydrogens (tertiary/aromatic N) is 1. The molecule has 3 nitrogen and oxygen atoms in total. The summed E-state index contributed by atoms with van der Waals surface area (Å²) in [7, 11) is 0. The Morgan fingerprint density at radius 3 is 2.71 bits per heavy atom. The van der Waals surface area contributed by atoms with Gasteiger partial charge in [-0.2, -0.15) is 5.26 Å². The Morgan fingerprint density at radius 2 is 1.94 bits per heavy atom. The number of hydrogen-bond acceptors (Lipinski definition) is 3. The van der Waals surface area contributed by atoms with Crippen LogP contribution in [0.25, 0.3) is 0 Å². The first kappa shape index (κ1) is 11.0. The Bertz CT molecular complexity index is 558. The molecule has 0 amide bonds. The van der Waals surface area contributed by atoms with Crippen LogP contribution in [0.5, 0.6) is 5.75 Å². The second-order valence-electron chi connectivity index (χ2n) is 3.63. The van der Waals surface area contributed by atoms with Crippen LogP contribution in [0.1, 0.15) is 11.1 Å². The molecule has 17 heavy (non-hydrogen) atoms. The van der Waals surface area contributed by atoms with Crippen molar-refractivity contribution in [3.8, 4) is 11.8 Å². The smallest absolute Gasteiger partial charge is 0.121 e. The zero-order valence-electron chi connectivity index (χ0n) is 9.26. The zero-order valence-corrected chi connectivity index (χ0v) is 9.26. The quantitative estimate of drug-likeness (QED) is 0.815. The van der Waals surface area contributed by atoms with Crippen molar-refractivity contribution in [2.75, 3.05) is 5.73 Å². The van der Waals surface area contributed by atoms with Gasteiger partial charge in [-0.05, 0) is 18.2 Å². The van der Waals surface area contributed by atoms with Gasteiger partial charge in [0.2, 0.25) is 0 Å². The lowest BCUT2D eigenvalue weighted by Crippen LogP contribution is -1.98. The van der Waals surface area contributed by atoms with E-state index in [-0.39, 0.29) is 0 Å². The van der Waals surface area contributed by atoms with Gasteiger partial charge >= 0.3 is 0 Å². The molecular weight excluding hydrogens is 212 g/mol. The predicted octanol–water partition coefficient (Wildman–Crippen LogP) is 2.72. The highest BCUT2D eigenvalue weighted by Gasteiger charge is 2.01. The van der Waals surface area contributed by atoms with Crippen molar-refractivity contribution in [2.45, 2.75) is 6.61 Å². The first-order chi connectivity index (χ1) is 8.29. The van der Waals surface area contributed by atoms with Gasteiger partial charge in [-0.15, -0.1) is 0 Å². The molecule has 0 saturated heterocycles. The predicted molar refractivity (Wildman–Crippen MR) is 66.3 cm³/mol. The zero-order chi connectivity index (χ0) is 12.1. The minimum absolute atomic E-state index is 0.368. The molecule has 0 unspecified atom stereocenters. The van der Waals surface area contributed by atoms with Gasteiger partial charge in [-0.1, -0.05) is 24.3 Å². The lowest BCUT2D eigenvalue weighted by Gasteiger charge is -2.07. The van der Waals surface area contributed by atoms with Gasteiger partial charge in [0.05, 0.1) is 11.6 Å². The summed E-state index contributed by atoms with van der Waals surface area (Å²) < 4.78 is 5.58. The minimum Gasteiger partial charge on any atom is -0.489 e. The summed E-state index contributed by atoms with van der Waals surface area (Å²) in [4.78, 5) is 0. The molecule has 0 saturated carbocycles. The van der Waals surface area contributed by atoms with Crippen molar-refractivity contribution in [2.24, 2.45) is 0 Å². The Hall–Kier alpha value is -2.47. The summed E-state index contributed by atoms with van der Waals surface area (Å²) in [5, 5.41) is 8.93. The number of ether oxygens (including phenoxy) is 1. The van der Waals surface area contributed by atoms with Crippen LogP contribution in [0.3, 0.4) is 0 Å². The second-order valence-corrected chi connectivity index (χ2v) is 3.63. The summed E-state index contributed by atoms with van der Waals surface area (Å²) in [6, 6.07) is 16.8. The monoisotopic (exact) mass is 224 g/mol. The number of rotatable bonds is 3. The lowest BCUT2D eigenvalue weighted by atomic mass is 10.1. The van der Waals surface area contributed by atoms with Crippen LogP contribution in [-0.2, 0) is 6.61 Å². The molecule has 0 aliphatic carbocycles. The van der Waals surface area contributed by atoms with Crippen LogP contribution in [0.4, 0.5) is 5.69 Å². The van der Waals surface area contributed by atoms with E-state index in [4.69, 9.17) is 15.7 Å². The van der Waals surface area contributed by atoms with Crippen LogP contribution >= 0.6 is 0 Å². The Balaban J connectivity index is 2.10. The molecule has 2 rings (SSSR count). The summed E-state index contributed by atoms with van der Waals surface area (Å²) in [5.41, 5.74) is 7.82. The number of benzene rings is 2. The third-order valence-corrected chi connectivity index (χ3v) is 2.39. The highest BCUT2D eigenvalue weighted by Crippen LogP contribution is 2.17. The van der Waals surface area contributed by atoms with Crippen LogP contribution in [0, 0.1) is 11.3 Å². The maximum absolute atomic E-state index is 8.93. The van der Waals surface area contributed by atoms with E-state index >= 15 is 0 Å². The molecule has 3 heteroatoms. The Morgan fingerprint density at radius 1 is 1.12 bits per heavy atom. The van der Waals surface area contributed by atoms with Crippen LogP contribution in [-0.4, -0.2) is 0 Å². The van der Waals surface area contributed by atoms with Gasteiger partial charge in [0.15, 0.2) is 0 Å². The van der Waals surface area contributed by atoms with Gasteiger partial charge in [0.1, 0.15) is 12.4 Å². The van der Waals surface area contributed by atoms with Crippen LogP contribution in [0.15, 0.2) is 48.5 Å². The van der Waals surface area contributed by atoms with Gasteiger partial charge in [-0.25, -0.2) is 0 Å². The summed E-state index contributed by atoms with van der Waals surface area (Å²) in [6.45, 7) is 0.368. The molecule has 0 spiro atoms. The van der Waals surface area contributed by atoms with E-state index in [9.17, 15) is 0 Å². The topological polar surface area (TPSA) is 59.0 Å². The van der Waals surface area contributed by atoms with E-state index in [2.05, 4.69) is 6.07 Å². The molecule has 84 valence electrons. The lowest BCUT2D eigenvalue weighted by molar-refractivity contribution is 0.306. The largest absolute Gasteiger partial charge is 0.489 e. The molecule has 2 aromatic carbocycles. The van der Waals surface area contributed by atoms with E-state index in [0.29, 0.717) is 23.6 Å². The van der Waals surface area contributed by atoms with Gasteiger partial charge < -0.3 is 10.5 Å². The second kappa shape index (κ2) is 5.04. The fraction of sp³-hybridized carbons (Fsp3) is 0.0714. The fourth-order valence-corrected chi connectivity index (χ4v) is 1.52. The molecule has 0 bridgehead atoms. The molecule has 0 atom stereocenters. The summed E-state index contributed by atoms with van der Waals surface area (Å²) in [5.74, 6) is 0.706. The van der Waals surface area contributed by atoms with Crippen molar-refractivity contribution < 1.29 is 4.74 Å². The molecule has 2 aromatic rings. The minimum atomic E-state index is 0.368. The molecule has 0 heterocycles. The summed E-state index contributed by atoms with van der Waals surface area (Å²) in [6.07, 6.45) is 0. The van der Waals surface area contributed by atoms with Crippen molar-refractivity contribution >= 4 is 5.69 Å². The number of hydrogen-bond donors (Lipinski definition) is 1. The van der Waals surface area contributed by atoms with Gasteiger partial charge in [-0.3, -0.25) is 0 Å². The SMILES string of the molecule is N#Cc1ccccc1COc1cccc(N)c1. The van der Waals surface area contributed by atoms with E-state index in [0.717, 1.165) is 5.56 Å². The third kappa shape index (κ3) is 2.76. The normalized spacial score (nSPS) is 9.59. The highest BCUT2D eigenvalue weighted by molar-refractivity contribution is 5.44. The number of nitrogen functional groups attached to an aromatic ring is 1. The molecule has 0 aliphatic heterocycles. The first-order valence-corrected chi connectivity index (χ1v) is 5.26. The van der Waals surface area contributed by atoms with Crippen LogP contribution < -0.4 is 10.5 Å². The first-order valence-electron chi connectivity index (χ1n) is 5.26. The van der Waals surface area contributed by atoms with Crippen LogP contribution in [0.2, 0.25) is 0 Å². The number of nitrogens with two attached hydrogens (primary N) is 1. The maximum Gasteiger partial charge on any atom is 0.121 e. The molecule has 0 fully saturated rings. The van der Waals surface area contributed by atoms with Gasteiger partial charge in [0, 0.05) is 17.3 Å². The third-order valence-electron chi connectivity index (χ3n) is 2.39. The fourth-order valence-electron chi connectivity index (χ4n) is 1.52. The van der Waals surface area contributed by atoms with Gasteiger partial charge in [0.25, 0.3) is 0 Å². The number of anilines is 1. The molecule has 0 aromatic heterocycles. The molecule has 2 N–H and O–H groups in total. The highest BCUT2D eigenvalue weighted by atomic mass is 16.5. The van der Waals surface area contributed by atoms with E-state index < -0.39 is 0 Å². The van der Waals surface area contributed by atoms with Crippen molar-refractivity contribution in [1.29, 1.82) is 5.26 Å². The Labute approximate surface area is 100 Å². The average Bonchev–Trinajstić information content (AvgIpc) is 2.37. The summed E-state index contributed by atoms with van der Waals surface area (Å²) >= 11 is 0.